The van der Waals surface area contributed by atoms with Crippen LogP contribution in [-0.2, 0) is 6.54 Å². The third-order valence-electron chi connectivity index (χ3n) is 4.46. The maximum Gasteiger partial charge on any atom is 0.0300 e. The summed E-state index contributed by atoms with van der Waals surface area (Å²) in [6, 6.07) is 3.46. The van der Waals surface area contributed by atoms with E-state index in [1.54, 1.807) is 0 Å². The van der Waals surface area contributed by atoms with Gasteiger partial charge in [0.2, 0.25) is 0 Å². The Kier molecular flexibility index (Phi) is 5.55. The van der Waals surface area contributed by atoms with E-state index < -0.39 is 0 Å². The zero-order valence-electron chi connectivity index (χ0n) is 13.4. The molecule has 1 saturated heterocycles. The van der Waals surface area contributed by atoms with Crippen LogP contribution in [0.4, 0.5) is 0 Å². The van der Waals surface area contributed by atoms with Gasteiger partial charge in [0, 0.05) is 44.1 Å². The Morgan fingerprint density at radius 1 is 1.45 bits per heavy atom. The van der Waals surface area contributed by atoms with E-state index in [9.17, 15) is 0 Å². The lowest BCUT2D eigenvalue weighted by atomic mass is 9.96. The summed E-state index contributed by atoms with van der Waals surface area (Å²) < 4.78 is 0. The van der Waals surface area contributed by atoms with Gasteiger partial charge < -0.3 is 5.32 Å². The second-order valence-electron chi connectivity index (χ2n) is 6.44. The number of rotatable bonds is 5. The van der Waals surface area contributed by atoms with Crippen LogP contribution in [0.2, 0.25) is 0 Å². The molecule has 1 aromatic rings. The Morgan fingerprint density at radius 2 is 2.25 bits per heavy atom. The Hall–Kier alpha value is -0.930. The molecule has 112 valence electrons. The fourth-order valence-corrected chi connectivity index (χ4v) is 3.18. The molecule has 3 nitrogen and oxygen atoms in total. The van der Waals surface area contributed by atoms with Crippen molar-refractivity contribution in [3.63, 3.8) is 0 Å². The van der Waals surface area contributed by atoms with Gasteiger partial charge >= 0.3 is 0 Å². The highest BCUT2D eigenvalue weighted by Gasteiger charge is 2.29. The second kappa shape index (κ2) is 7.19. The molecule has 2 heterocycles. The summed E-state index contributed by atoms with van der Waals surface area (Å²) in [6.07, 6.45) is 6.42. The molecule has 0 radical (unpaired) electrons. The molecule has 0 saturated carbocycles. The van der Waals surface area contributed by atoms with Crippen LogP contribution in [0.3, 0.4) is 0 Å². The minimum absolute atomic E-state index is 0.635. The predicted molar refractivity (Wildman–Crippen MR) is 84.7 cm³/mol. The number of pyridine rings is 1. The molecule has 1 aliphatic rings. The van der Waals surface area contributed by atoms with E-state index in [0.29, 0.717) is 18.0 Å². The van der Waals surface area contributed by atoms with E-state index in [2.05, 4.69) is 49.0 Å². The summed E-state index contributed by atoms with van der Waals surface area (Å²) in [4.78, 5) is 6.88. The second-order valence-corrected chi connectivity index (χ2v) is 6.44. The van der Waals surface area contributed by atoms with E-state index in [1.807, 2.05) is 12.4 Å². The lowest BCUT2D eigenvalue weighted by molar-refractivity contribution is 0.0883. The van der Waals surface area contributed by atoms with Gasteiger partial charge in [-0.25, -0.2) is 0 Å². The highest BCUT2D eigenvalue weighted by molar-refractivity contribution is 5.21. The Morgan fingerprint density at radius 3 is 2.90 bits per heavy atom. The van der Waals surface area contributed by atoms with E-state index in [-0.39, 0.29) is 0 Å². The van der Waals surface area contributed by atoms with Crippen molar-refractivity contribution in [3.05, 3.63) is 29.6 Å². The quantitative estimate of drug-likeness (QED) is 0.895. The van der Waals surface area contributed by atoms with Gasteiger partial charge in [0.1, 0.15) is 0 Å². The maximum absolute atomic E-state index is 4.21. The average Bonchev–Trinajstić information content (AvgIpc) is 2.42. The van der Waals surface area contributed by atoms with Crippen molar-refractivity contribution in [1.82, 2.24) is 15.2 Å². The molecule has 1 aliphatic heterocycles. The number of piperazine rings is 1. The molecule has 0 aliphatic carbocycles. The molecule has 0 bridgehead atoms. The lowest BCUT2D eigenvalue weighted by Crippen LogP contribution is -2.57. The summed E-state index contributed by atoms with van der Waals surface area (Å²) in [5.41, 5.74) is 2.73. The Bertz CT molecular complexity index is 416. The third-order valence-corrected chi connectivity index (χ3v) is 4.46. The molecular weight excluding hydrogens is 246 g/mol. The molecule has 1 aromatic heterocycles. The normalized spacial score (nSPS) is 24.2. The molecule has 1 fully saturated rings. The first-order valence-electron chi connectivity index (χ1n) is 7.98. The van der Waals surface area contributed by atoms with Crippen LogP contribution >= 0.6 is 0 Å². The van der Waals surface area contributed by atoms with Crippen LogP contribution in [-0.4, -0.2) is 35.1 Å². The monoisotopic (exact) mass is 275 g/mol. The van der Waals surface area contributed by atoms with Crippen molar-refractivity contribution in [2.75, 3.05) is 13.1 Å². The first kappa shape index (κ1) is 15.5. The van der Waals surface area contributed by atoms with Crippen molar-refractivity contribution in [1.29, 1.82) is 0 Å². The topological polar surface area (TPSA) is 28.2 Å². The van der Waals surface area contributed by atoms with Crippen molar-refractivity contribution in [3.8, 4) is 0 Å². The van der Waals surface area contributed by atoms with Gasteiger partial charge in [-0.3, -0.25) is 9.88 Å². The van der Waals surface area contributed by atoms with Gasteiger partial charge in [-0.05, 0) is 36.5 Å². The van der Waals surface area contributed by atoms with Crippen molar-refractivity contribution >= 4 is 0 Å². The van der Waals surface area contributed by atoms with Crippen molar-refractivity contribution in [2.24, 2.45) is 5.92 Å². The van der Waals surface area contributed by atoms with Crippen LogP contribution in [0.15, 0.2) is 18.5 Å². The molecule has 20 heavy (non-hydrogen) atoms. The molecule has 2 atom stereocenters. The number of nitrogens with zero attached hydrogens (tertiary/aromatic N) is 2. The van der Waals surface area contributed by atoms with Crippen LogP contribution in [0.5, 0.6) is 0 Å². The van der Waals surface area contributed by atoms with Crippen LogP contribution in [0.25, 0.3) is 0 Å². The van der Waals surface area contributed by atoms with Gasteiger partial charge in [0.05, 0.1) is 0 Å². The molecular formula is C17H29N3. The molecule has 0 aromatic carbocycles. The van der Waals surface area contributed by atoms with E-state index in [1.165, 1.54) is 30.5 Å². The SMILES string of the molecule is CCCC1CN(Cc2ccncc2C)C(C(C)C)CN1. The van der Waals surface area contributed by atoms with Gasteiger partial charge in [0.25, 0.3) is 0 Å². The number of hydrogen-bond donors (Lipinski definition) is 1. The van der Waals surface area contributed by atoms with Crippen molar-refractivity contribution in [2.45, 2.75) is 59.2 Å². The Balaban J connectivity index is 2.09. The van der Waals surface area contributed by atoms with Gasteiger partial charge in [0.15, 0.2) is 0 Å². The standard InChI is InChI=1S/C17H29N3/c1-5-6-16-12-20(17(10-19-16)13(2)3)11-15-7-8-18-9-14(15)4/h7-9,13,16-17,19H,5-6,10-12H2,1-4H3. The molecule has 3 heteroatoms. The number of aromatic nitrogens is 1. The van der Waals surface area contributed by atoms with E-state index in [0.717, 1.165) is 13.1 Å². The fourth-order valence-electron chi connectivity index (χ4n) is 3.18. The minimum Gasteiger partial charge on any atom is -0.311 e. The summed E-state index contributed by atoms with van der Waals surface area (Å²) >= 11 is 0. The number of nitrogens with one attached hydrogen (secondary N) is 1. The van der Waals surface area contributed by atoms with Crippen molar-refractivity contribution < 1.29 is 0 Å². The van der Waals surface area contributed by atoms with Gasteiger partial charge in [-0.1, -0.05) is 27.2 Å². The average molecular weight is 275 g/mol. The zero-order valence-corrected chi connectivity index (χ0v) is 13.4. The zero-order chi connectivity index (χ0) is 14.5. The molecule has 0 amide bonds. The molecule has 2 unspecified atom stereocenters. The lowest BCUT2D eigenvalue weighted by Gasteiger charge is -2.42. The van der Waals surface area contributed by atoms with E-state index >= 15 is 0 Å². The summed E-state index contributed by atoms with van der Waals surface area (Å²) in [5, 5.41) is 3.73. The van der Waals surface area contributed by atoms with Crippen LogP contribution in [0, 0.1) is 12.8 Å². The highest BCUT2D eigenvalue weighted by Crippen LogP contribution is 2.20. The minimum atomic E-state index is 0.635. The third kappa shape index (κ3) is 3.80. The van der Waals surface area contributed by atoms with Gasteiger partial charge in [-0.2, -0.15) is 0 Å². The summed E-state index contributed by atoms with van der Waals surface area (Å²) in [6.45, 7) is 12.4. The number of aryl methyl sites for hydroxylation is 1. The predicted octanol–water partition coefficient (Wildman–Crippen LogP) is 2.99. The highest BCUT2D eigenvalue weighted by atomic mass is 15.2. The Labute approximate surface area is 123 Å². The van der Waals surface area contributed by atoms with E-state index in [4.69, 9.17) is 0 Å². The first-order valence-corrected chi connectivity index (χ1v) is 7.98. The molecule has 2 rings (SSSR count). The largest absolute Gasteiger partial charge is 0.311 e. The van der Waals surface area contributed by atoms with Gasteiger partial charge in [-0.15, -0.1) is 0 Å². The first-order chi connectivity index (χ1) is 9.61. The smallest absolute Gasteiger partial charge is 0.0300 e. The van der Waals surface area contributed by atoms with Crippen LogP contribution < -0.4 is 5.32 Å². The summed E-state index contributed by atoms with van der Waals surface area (Å²) in [5.74, 6) is 0.687. The van der Waals surface area contributed by atoms with Crippen LogP contribution in [0.1, 0.15) is 44.7 Å². The maximum atomic E-state index is 4.21. The summed E-state index contributed by atoms with van der Waals surface area (Å²) in [7, 11) is 0. The fraction of sp³-hybridized carbons (Fsp3) is 0.706. The molecule has 1 N–H and O–H groups in total. The molecule has 0 spiro atoms. The number of hydrogen-bond acceptors (Lipinski definition) is 3.